The van der Waals surface area contributed by atoms with Crippen molar-refractivity contribution >= 4 is 27.7 Å². The van der Waals surface area contributed by atoms with Crippen LogP contribution in [-0.2, 0) is 26.3 Å². The molecule has 0 fully saturated rings. The van der Waals surface area contributed by atoms with Crippen molar-refractivity contribution in [2.45, 2.75) is 39.3 Å². The van der Waals surface area contributed by atoms with Crippen LogP contribution >= 0.6 is 0 Å². The van der Waals surface area contributed by atoms with Crippen molar-refractivity contribution in [1.82, 2.24) is 14.5 Å². The maximum atomic E-state index is 14.6. The van der Waals surface area contributed by atoms with Crippen LogP contribution < -0.4 is 9.62 Å². The average Bonchev–Trinajstić information content (AvgIpc) is 2.82. The van der Waals surface area contributed by atoms with Crippen LogP contribution in [0.15, 0.2) is 48.5 Å². The van der Waals surface area contributed by atoms with Crippen LogP contribution in [-0.4, -0.2) is 62.7 Å². The maximum Gasteiger partial charge on any atom is 0.304 e. The second kappa shape index (κ2) is 12.6. The number of nitrogens with zero attached hydrogens (tertiary/aromatic N) is 3. The van der Waals surface area contributed by atoms with Gasteiger partial charge in [0.15, 0.2) is 0 Å². The number of para-hydroxylation sites is 1. The molecule has 0 aliphatic rings. The largest absolute Gasteiger partial charge is 0.354 e. The van der Waals surface area contributed by atoms with Crippen LogP contribution in [0.1, 0.15) is 32.3 Å². The summed E-state index contributed by atoms with van der Waals surface area (Å²) < 4.78 is 55.7. The van der Waals surface area contributed by atoms with Gasteiger partial charge in [0, 0.05) is 27.2 Å². The van der Waals surface area contributed by atoms with Crippen LogP contribution in [0.3, 0.4) is 0 Å². The summed E-state index contributed by atoms with van der Waals surface area (Å²) in [6.07, 6.45) is 0.943. The summed E-state index contributed by atoms with van der Waals surface area (Å²) in [6, 6.07) is 9.76. The quantitative estimate of drug-likeness (QED) is 0.476. The second-order valence-corrected chi connectivity index (χ2v) is 10.2. The van der Waals surface area contributed by atoms with E-state index in [0.717, 1.165) is 10.4 Å². The van der Waals surface area contributed by atoms with Crippen LogP contribution in [0.2, 0.25) is 0 Å². The first-order valence-corrected chi connectivity index (χ1v) is 12.7. The summed E-state index contributed by atoms with van der Waals surface area (Å²) in [5.41, 5.74) is 0.258. The molecule has 0 saturated carbocycles. The van der Waals surface area contributed by atoms with Crippen LogP contribution in [0.5, 0.6) is 0 Å². The number of halogens is 2. The van der Waals surface area contributed by atoms with Crippen molar-refractivity contribution in [1.29, 1.82) is 0 Å². The SMILES string of the molecule is CCCNC(=O)[C@@H](CC)N(Cc1ccc(F)cc1)C(=O)CN(c1ccccc1F)S(=O)(=O)N(C)C. The number of carbonyl (C=O) groups excluding carboxylic acids is 2. The van der Waals surface area contributed by atoms with Gasteiger partial charge in [-0.2, -0.15) is 12.7 Å². The summed E-state index contributed by atoms with van der Waals surface area (Å²) in [5.74, 6) is -2.37. The van der Waals surface area contributed by atoms with Crippen molar-refractivity contribution < 1.29 is 26.8 Å². The molecule has 11 heteroatoms. The van der Waals surface area contributed by atoms with Crippen molar-refractivity contribution in [3.63, 3.8) is 0 Å². The van der Waals surface area contributed by atoms with Crippen molar-refractivity contribution in [2.24, 2.45) is 0 Å². The lowest BCUT2D eigenvalue weighted by Gasteiger charge is -2.34. The van der Waals surface area contributed by atoms with Gasteiger partial charge in [-0.15, -0.1) is 0 Å². The molecule has 1 N–H and O–H groups in total. The van der Waals surface area contributed by atoms with Gasteiger partial charge in [-0.25, -0.2) is 13.1 Å². The molecule has 1 atom stereocenters. The fourth-order valence-corrected chi connectivity index (χ4v) is 4.49. The van der Waals surface area contributed by atoms with Gasteiger partial charge < -0.3 is 10.2 Å². The third-order valence-electron chi connectivity index (χ3n) is 5.34. The molecule has 2 aromatic carbocycles. The molecule has 0 aromatic heterocycles. The highest BCUT2D eigenvalue weighted by atomic mass is 32.2. The molecule has 35 heavy (non-hydrogen) atoms. The van der Waals surface area contributed by atoms with Gasteiger partial charge in [-0.3, -0.25) is 9.59 Å². The highest BCUT2D eigenvalue weighted by Gasteiger charge is 2.34. The molecule has 0 aliphatic carbocycles. The zero-order chi connectivity index (χ0) is 26.2. The Hall–Kier alpha value is -3.05. The Labute approximate surface area is 205 Å². The predicted molar refractivity (Wildman–Crippen MR) is 131 cm³/mol. The number of hydrogen-bond donors (Lipinski definition) is 1. The Balaban J connectivity index is 2.49. The van der Waals surface area contributed by atoms with Gasteiger partial charge in [-0.05, 0) is 42.7 Å². The third-order valence-corrected chi connectivity index (χ3v) is 7.15. The van der Waals surface area contributed by atoms with Gasteiger partial charge in [0.25, 0.3) is 0 Å². The number of benzene rings is 2. The molecule has 0 spiro atoms. The van der Waals surface area contributed by atoms with E-state index in [1.807, 2.05) is 6.92 Å². The first-order chi connectivity index (χ1) is 16.5. The van der Waals surface area contributed by atoms with Crippen LogP contribution in [0.4, 0.5) is 14.5 Å². The molecule has 2 amide bonds. The van der Waals surface area contributed by atoms with Crippen molar-refractivity contribution in [3.8, 4) is 0 Å². The van der Waals surface area contributed by atoms with E-state index < -0.39 is 46.2 Å². The summed E-state index contributed by atoms with van der Waals surface area (Å²) in [6.45, 7) is 3.22. The molecule has 192 valence electrons. The third kappa shape index (κ3) is 7.22. The topological polar surface area (TPSA) is 90.0 Å². The van der Waals surface area contributed by atoms with Crippen molar-refractivity contribution in [3.05, 3.63) is 65.7 Å². The lowest BCUT2D eigenvalue weighted by Crippen LogP contribution is -2.53. The minimum absolute atomic E-state index is 0.0652. The highest BCUT2D eigenvalue weighted by molar-refractivity contribution is 7.90. The minimum Gasteiger partial charge on any atom is -0.354 e. The van der Waals surface area contributed by atoms with E-state index in [4.69, 9.17) is 0 Å². The van der Waals surface area contributed by atoms with E-state index in [0.29, 0.717) is 22.8 Å². The van der Waals surface area contributed by atoms with Crippen LogP contribution in [0.25, 0.3) is 0 Å². The molecular formula is C24H32F2N4O4S. The monoisotopic (exact) mass is 510 g/mol. The number of anilines is 1. The summed E-state index contributed by atoms with van der Waals surface area (Å²) in [5, 5.41) is 2.76. The Morgan fingerprint density at radius 1 is 1.00 bits per heavy atom. The molecule has 0 unspecified atom stereocenters. The van der Waals surface area contributed by atoms with Gasteiger partial charge >= 0.3 is 10.2 Å². The summed E-state index contributed by atoms with van der Waals surface area (Å²) in [7, 11) is -1.71. The second-order valence-electron chi connectivity index (χ2n) is 8.11. The van der Waals surface area contributed by atoms with Gasteiger partial charge in [0.1, 0.15) is 24.2 Å². The zero-order valence-electron chi connectivity index (χ0n) is 20.4. The Kier molecular flexibility index (Phi) is 10.1. The van der Waals surface area contributed by atoms with Gasteiger partial charge in [-0.1, -0.05) is 38.1 Å². The molecule has 0 radical (unpaired) electrons. The first kappa shape index (κ1) is 28.2. The van der Waals surface area contributed by atoms with Crippen molar-refractivity contribution in [2.75, 3.05) is 31.5 Å². The minimum atomic E-state index is -4.26. The first-order valence-electron chi connectivity index (χ1n) is 11.3. The predicted octanol–water partition coefficient (Wildman–Crippen LogP) is 2.91. The average molecular weight is 511 g/mol. The molecule has 2 rings (SSSR count). The number of amides is 2. The van der Waals surface area contributed by atoms with Gasteiger partial charge in [0.05, 0.1) is 5.69 Å². The van der Waals surface area contributed by atoms with Crippen LogP contribution in [0, 0.1) is 11.6 Å². The van der Waals surface area contributed by atoms with E-state index in [1.54, 1.807) is 6.92 Å². The lowest BCUT2D eigenvalue weighted by atomic mass is 10.1. The van der Waals surface area contributed by atoms with E-state index in [2.05, 4.69) is 5.32 Å². The zero-order valence-corrected chi connectivity index (χ0v) is 21.2. The van der Waals surface area contributed by atoms with Gasteiger partial charge in [0.2, 0.25) is 11.8 Å². The number of carbonyl (C=O) groups is 2. The molecule has 2 aromatic rings. The molecule has 0 heterocycles. The Morgan fingerprint density at radius 3 is 2.17 bits per heavy atom. The fraction of sp³-hybridized carbons (Fsp3) is 0.417. The molecular weight excluding hydrogens is 478 g/mol. The highest BCUT2D eigenvalue weighted by Crippen LogP contribution is 2.24. The van der Waals surface area contributed by atoms with E-state index in [9.17, 15) is 26.8 Å². The fourth-order valence-electron chi connectivity index (χ4n) is 3.43. The molecule has 0 saturated heterocycles. The number of nitrogens with one attached hydrogen (secondary N) is 1. The standard InChI is InChI=1S/C24H32F2N4O4S/c1-5-15-27-24(32)21(6-2)29(16-18-11-13-19(25)14-12-18)23(31)17-30(35(33,34)28(3)4)22-10-8-7-9-20(22)26/h7-14,21H,5-6,15-17H2,1-4H3,(H,27,32)/t21-/m1/s1. The Morgan fingerprint density at radius 2 is 1.63 bits per heavy atom. The normalized spacial score (nSPS) is 12.3. The summed E-state index contributed by atoms with van der Waals surface area (Å²) >= 11 is 0. The van der Waals surface area contributed by atoms with E-state index in [1.165, 1.54) is 61.5 Å². The number of hydrogen-bond acceptors (Lipinski definition) is 4. The molecule has 0 aliphatic heterocycles. The molecule has 8 nitrogen and oxygen atoms in total. The smallest absolute Gasteiger partial charge is 0.304 e. The lowest BCUT2D eigenvalue weighted by molar-refractivity contribution is -0.140. The van der Waals surface area contributed by atoms with E-state index >= 15 is 0 Å². The Bertz CT molecular complexity index is 1110. The maximum absolute atomic E-state index is 14.6. The van der Waals surface area contributed by atoms with E-state index in [-0.39, 0.29) is 18.7 Å². The number of rotatable bonds is 12. The molecule has 0 bridgehead atoms. The summed E-state index contributed by atoms with van der Waals surface area (Å²) in [4.78, 5) is 27.7.